The first kappa shape index (κ1) is 16.2. The molecule has 2 nitrogen and oxygen atoms in total. The molecule has 4 heteroatoms. The largest absolute Gasteiger partial charge is 0.330 e. The Morgan fingerprint density at radius 3 is 2.67 bits per heavy atom. The molecule has 1 aliphatic heterocycles. The number of nitrogens with two attached hydrogens (primary N) is 1. The van der Waals surface area contributed by atoms with Crippen LogP contribution in [0.4, 0.5) is 0 Å². The van der Waals surface area contributed by atoms with Gasteiger partial charge in [-0.3, -0.25) is 4.90 Å². The fourth-order valence-electron chi connectivity index (χ4n) is 2.61. The molecule has 1 aromatic carbocycles. The number of rotatable bonds is 4. The lowest BCUT2D eigenvalue weighted by molar-refractivity contribution is 0.163. The molecule has 102 valence electrons. The number of nitrogens with zero attached hydrogens (tertiary/aromatic N) is 1. The summed E-state index contributed by atoms with van der Waals surface area (Å²) in [5.41, 5.74) is 7.08. The highest BCUT2D eigenvalue weighted by Gasteiger charge is 2.18. The van der Waals surface area contributed by atoms with Crippen molar-refractivity contribution in [2.24, 2.45) is 11.7 Å². The summed E-state index contributed by atoms with van der Waals surface area (Å²) in [6.07, 6.45) is 3.87. The van der Waals surface area contributed by atoms with Crippen LogP contribution in [-0.2, 0) is 6.54 Å². The maximum Gasteiger partial charge on any atom is 0.0233 e. The van der Waals surface area contributed by atoms with Crippen LogP contribution in [0.25, 0.3) is 0 Å². The second-order valence-electron chi connectivity index (χ2n) is 4.95. The quantitative estimate of drug-likeness (QED) is 0.812. The van der Waals surface area contributed by atoms with E-state index in [1.165, 1.54) is 41.5 Å². The number of benzene rings is 1. The van der Waals surface area contributed by atoms with Gasteiger partial charge in [0.05, 0.1) is 0 Å². The van der Waals surface area contributed by atoms with Crippen molar-refractivity contribution >= 4 is 35.0 Å². The molecule has 0 spiro atoms. The highest BCUT2D eigenvalue weighted by molar-refractivity contribution is 14.1. The van der Waals surface area contributed by atoms with Gasteiger partial charge >= 0.3 is 0 Å². The van der Waals surface area contributed by atoms with Gasteiger partial charge in [-0.15, -0.1) is 12.4 Å². The van der Waals surface area contributed by atoms with Crippen molar-refractivity contribution in [2.75, 3.05) is 19.6 Å². The summed E-state index contributed by atoms with van der Waals surface area (Å²) in [7, 11) is 0. The highest BCUT2D eigenvalue weighted by atomic mass is 127. The summed E-state index contributed by atoms with van der Waals surface area (Å²) in [5, 5.41) is 0. The van der Waals surface area contributed by atoms with Gasteiger partial charge in [-0.2, -0.15) is 0 Å². The monoisotopic (exact) mass is 380 g/mol. The van der Waals surface area contributed by atoms with Crippen molar-refractivity contribution in [3.8, 4) is 0 Å². The standard InChI is InChI=1S/C14H21IN2.ClH/c15-14-5-3-13(4-6-14)11-17-9-1-2-12(10-17)7-8-16;/h3-6,12H,1-2,7-11,16H2;1H. The van der Waals surface area contributed by atoms with Crippen molar-refractivity contribution in [2.45, 2.75) is 25.8 Å². The molecule has 1 saturated heterocycles. The van der Waals surface area contributed by atoms with E-state index in [9.17, 15) is 0 Å². The smallest absolute Gasteiger partial charge is 0.0233 e. The van der Waals surface area contributed by atoms with Crippen LogP contribution < -0.4 is 5.73 Å². The number of likely N-dealkylation sites (tertiary alicyclic amines) is 1. The maximum atomic E-state index is 5.65. The molecule has 0 saturated carbocycles. The minimum absolute atomic E-state index is 0. The third-order valence-corrected chi connectivity index (χ3v) is 4.22. The first-order valence-corrected chi connectivity index (χ1v) is 7.52. The Bertz CT molecular complexity index is 340. The van der Waals surface area contributed by atoms with E-state index in [1.807, 2.05) is 0 Å². The summed E-state index contributed by atoms with van der Waals surface area (Å²) in [4.78, 5) is 2.58. The van der Waals surface area contributed by atoms with Crippen LogP contribution in [0.1, 0.15) is 24.8 Å². The molecule has 2 N–H and O–H groups in total. The summed E-state index contributed by atoms with van der Waals surface area (Å²) in [6, 6.07) is 8.87. The van der Waals surface area contributed by atoms with Crippen LogP contribution in [0, 0.1) is 9.49 Å². The molecule has 18 heavy (non-hydrogen) atoms. The molecule has 1 heterocycles. The molecular formula is C14H22ClIN2. The van der Waals surface area contributed by atoms with Crippen molar-refractivity contribution in [3.05, 3.63) is 33.4 Å². The summed E-state index contributed by atoms with van der Waals surface area (Å²) in [5.74, 6) is 0.817. The Kier molecular flexibility index (Phi) is 7.53. The second kappa shape index (κ2) is 8.35. The molecular weight excluding hydrogens is 359 g/mol. The molecule has 1 aromatic rings. The Labute approximate surface area is 130 Å². The fourth-order valence-corrected chi connectivity index (χ4v) is 2.97. The van der Waals surface area contributed by atoms with E-state index in [4.69, 9.17) is 5.73 Å². The van der Waals surface area contributed by atoms with Crippen molar-refractivity contribution < 1.29 is 0 Å². The number of piperidine rings is 1. The molecule has 1 atom stereocenters. The van der Waals surface area contributed by atoms with Gasteiger partial charge in [0.25, 0.3) is 0 Å². The molecule has 1 aliphatic rings. The lowest BCUT2D eigenvalue weighted by atomic mass is 9.94. The average Bonchev–Trinajstić information content (AvgIpc) is 2.33. The van der Waals surface area contributed by atoms with Crippen LogP contribution in [-0.4, -0.2) is 24.5 Å². The molecule has 1 fully saturated rings. The van der Waals surface area contributed by atoms with Crippen LogP contribution in [0.2, 0.25) is 0 Å². The van der Waals surface area contributed by atoms with E-state index >= 15 is 0 Å². The molecule has 0 amide bonds. The van der Waals surface area contributed by atoms with Crippen molar-refractivity contribution in [3.63, 3.8) is 0 Å². The van der Waals surface area contributed by atoms with E-state index < -0.39 is 0 Å². The van der Waals surface area contributed by atoms with Gasteiger partial charge in [-0.25, -0.2) is 0 Å². The zero-order chi connectivity index (χ0) is 12.1. The van der Waals surface area contributed by atoms with Crippen molar-refractivity contribution in [1.29, 1.82) is 0 Å². The minimum Gasteiger partial charge on any atom is -0.330 e. The third kappa shape index (κ3) is 5.03. The Balaban J connectivity index is 0.00000162. The predicted molar refractivity (Wildman–Crippen MR) is 88.1 cm³/mol. The highest BCUT2D eigenvalue weighted by Crippen LogP contribution is 2.20. The van der Waals surface area contributed by atoms with Crippen LogP contribution >= 0.6 is 35.0 Å². The third-order valence-electron chi connectivity index (χ3n) is 3.50. The number of halogens is 2. The van der Waals surface area contributed by atoms with E-state index in [0.29, 0.717) is 0 Å². The Morgan fingerprint density at radius 1 is 1.28 bits per heavy atom. The fraction of sp³-hybridized carbons (Fsp3) is 0.571. The SMILES string of the molecule is Cl.NCCC1CCCN(Cc2ccc(I)cc2)C1. The van der Waals surface area contributed by atoms with Gasteiger partial charge in [-0.05, 0) is 78.6 Å². The van der Waals surface area contributed by atoms with Crippen molar-refractivity contribution in [1.82, 2.24) is 4.90 Å². The van der Waals surface area contributed by atoms with Gasteiger partial charge in [0.1, 0.15) is 0 Å². The summed E-state index contributed by atoms with van der Waals surface area (Å²) < 4.78 is 1.31. The molecule has 0 radical (unpaired) electrons. The van der Waals surface area contributed by atoms with Gasteiger partial charge in [0, 0.05) is 16.7 Å². The number of hydrogen-bond donors (Lipinski definition) is 1. The van der Waals surface area contributed by atoms with E-state index in [1.54, 1.807) is 0 Å². The predicted octanol–water partition coefficient (Wildman–Crippen LogP) is 3.27. The normalized spacial score (nSPS) is 20.4. The first-order valence-electron chi connectivity index (χ1n) is 6.45. The zero-order valence-electron chi connectivity index (χ0n) is 10.6. The van der Waals surface area contributed by atoms with Gasteiger partial charge < -0.3 is 5.73 Å². The molecule has 0 aromatic heterocycles. The first-order chi connectivity index (χ1) is 8.28. The summed E-state index contributed by atoms with van der Waals surface area (Å²) >= 11 is 2.35. The summed E-state index contributed by atoms with van der Waals surface area (Å²) in [6.45, 7) is 4.40. The molecule has 0 aliphatic carbocycles. The van der Waals surface area contributed by atoms with Gasteiger partial charge in [0.15, 0.2) is 0 Å². The van der Waals surface area contributed by atoms with Crippen LogP contribution in [0.5, 0.6) is 0 Å². The van der Waals surface area contributed by atoms with E-state index in [2.05, 4.69) is 51.8 Å². The maximum absolute atomic E-state index is 5.65. The van der Waals surface area contributed by atoms with Crippen LogP contribution in [0.15, 0.2) is 24.3 Å². The zero-order valence-corrected chi connectivity index (χ0v) is 13.6. The molecule has 1 unspecified atom stereocenters. The second-order valence-corrected chi connectivity index (χ2v) is 6.19. The van der Waals surface area contributed by atoms with Gasteiger partial charge in [0.2, 0.25) is 0 Å². The van der Waals surface area contributed by atoms with Gasteiger partial charge in [-0.1, -0.05) is 12.1 Å². The van der Waals surface area contributed by atoms with E-state index in [-0.39, 0.29) is 12.4 Å². The lowest BCUT2D eigenvalue weighted by Gasteiger charge is -2.32. The Hall–Kier alpha value is 0.160. The topological polar surface area (TPSA) is 29.3 Å². The van der Waals surface area contributed by atoms with Crippen LogP contribution in [0.3, 0.4) is 0 Å². The number of hydrogen-bond acceptors (Lipinski definition) is 2. The molecule has 2 rings (SSSR count). The van der Waals surface area contributed by atoms with E-state index in [0.717, 1.165) is 19.0 Å². The molecule has 0 bridgehead atoms. The lowest BCUT2D eigenvalue weighted by Crippen LogP contribution is -2.35. The minimum atomic E-state index is 0. The Morgan fingerprint density at radius 2 is 2.00 bits per heavy atom. The average molecular weight is 381 g/mol.